The Kier molecular flexibility index (Phi) is 6.86. The van der Waals surface area contributed by atoms with Gasteiger partial charge in [0.15, 0.2) is 13.2 Å². The predicted molar refractivity (Wildman–Crippen MR) is 84.9 cm³/mol. The Hall–Kier alpha value is -2.26. The number of benzene rings is 1. The van der Waals surface area contributed by atoms with Crippen molar-refractivity contribution in [1.29, 1.82) is 5.26 Å². The molecule has 6 nitrogen and oxygen atoms in total. The monoisotopic (exact) mass is 338 g/mol. The van der Waals surface area contributed by atoms with Crippen molar-refractivity contribution in [3.63, 3.8) is 0 Å². The second-order valence-electron chi connectivity index (χ2n) is 5.42. The number of nitrogens with one attached hydrogen (secondary N) is 1. The number of amides is 1. The van der Waals surface area contributed by atoms with Gasteiger partial charge in [-0.25, -0.2) is 4.79 Å². The minimum absolute atomic E-state index is 0.0849. The van der Waals surface area contributed by atoms with Gasteiger partial charge in [-0.3, -0.25) is 4.79 Å². The van der Waals surface area contributed by atoms with Crippen LogP contribution in [0.2, 0.25) is 5.02 Å². The summed E-state index contributed by atoms with van der Waals surface area (Å²) in [5.41, 5.74) is -1.01. The summed E-state index contributed by atoms with van der Waals surface area (Å²) in [6, 6.07) is 8.61. The van der Waals surface area contributed by atoms with E-state index in [9.17, 15) is 9.59 Å². The largest absolute Gasteiger partial charge is 0.482 e. The van der Waals surface area contributed by atoms with E-state index < -0.39 is 24.0 Å². The minimum atomic E-state index is -1.01. The molecule has 1 atom stereocenters. The van der Waals surface area contributed by atoms with Crippen LogP contribution >= 0.6 is 11.6 Å². The number of hydrogen-bond acceptors (Lipinski definition) is 5. The normalized spacial score (nSPS) is 12.9. The molecule has 1 aromatic rings. The van der Waals surface area contributed by atoms with Crippen LogP contribution in [0.1, 0.15) is 20.8 Å². The van der Waals surface area contributed by atoms with Crippen molar-refractivity contribution in [1.82, 2.24) is 5.32 Å². The molecule has 23 heavy (non-hydrogen) atoms. The number of hydrogen-bond donors (Lipinski definition) is 1. The van der Waals surface area contributed by atoms with Gasteiger partial charge in [-0.05, 0) is 31.0 Å². The molecule has 1 N–H and O–H groups in total. The van der Waals surface area contributed by atoms with Crippen molar-refractivity contribution in [2.75, 3.05) is 13.2 Å². The Balaban J connectivity index is 2.38. The number of nitrogens with zero attached hydrogens (tertiary/aromatic N) is 1. The van der Waals surface area contributed by atoms with Crippen LogP contribution in [0.3, 0.4) is 0 Å². The maximum absolute atomic E-state index is 11.7. The molecule has 7 heteroatoms. The fourth-order valence-corrected chi connectivity index (χ4v) is 1.69. The molecule has 0 saturated heterocycles. The number of ether oxygens (including phenoxy) is 2. The number of carbonyl (C=O) groups excluding carboxylic acids is 2. The second kappa shape index (κ2) is 8.39. The first-order chi connectivity index (χ1) is 10.8. The number of halogens is 1. The summed E-state index contributed by atoms with van der Waals surface area (Å²) in [5.74, 6) is -0.892. The van der Waals surface area contributed by atoms with Crippen LogP contribution in [0.25, 0.3) is 0 Å². The van der Waals surface area contributed by atoms with E-state index in [4.69, 9.17) is 26.3 Å². The van der Waals surface area contributed by atoms with Crippen molar-refractivity contribution >= 4 is 23.5 Å². The molecule has 124 valence electrons. The summed E-state index contributed by atoms with van der Waals surface area (Å²) >= 11 is 5.79. The lowest BCUT2D eigenvalue weighted by molar-refractivity contribution is -0.150. The van der Waals surface area contributed by atoms with Crippen molar-refractivity contribution in [3.8, 4) is 11.8 Å². The van der Waals surface area contributed by atoms with Crippen molar-refractivity contribution in [2.24, 2.45) is 5.92 Å². The van der Waals surface area contributed by atoms with Gasteiger partial charge in [0.05, 0.1) is 6.07 Å². The molecule has 0 spiro atoms. The molecule has 0 aliphatic rings. The lowest BCUT2D eigenvalue weighted by Gasteiger charge is -2.27. The average Bonchev–Trinajstić information content (AvgIpc) is 2.50. The first-order valence-electron chi connectivity index (χ1n) is 7.03. The van der Waals surface area contributed by atoms with Crippen molar-refractivity contribution in [2.45, 2.75) is 26.3 Å². The number of carbonyl (C=O) groups is 2. The maximum Gasteiger partial charge on any atom is 0.344 e. The van der Waals surface area contributed by atoms with E-state index in [1.807, 2.05) is 19.9 Å². The van der Waals surface area contributed by atoms with Crippen LogP contribution in [0.4, 0.5) is 0 Å². The third kappa shape index (κ3) is 6.17. The van der Waals surface area contributed by atoms with Gasteiger partial charge >= 0.3 is 5.97 Å². The van der Waals surface area contributed by atoms with Crippen LogP contribution in [0.15, 0.2) is 24.3 Å². The molecule has 1 rings (SSSR count). The van der Waals surface area contributed by atoms with Crippen LogP contribution < -0.4 is 10.1 Å². The number of esters is 1. The van der Waals surface area contributed by atoms with Crippen molar-refractivity contribution < 1.29 is 19.1 Å². The van der Waals surface area contributed by atoms with Gasteiger partial charge in [-0.1, -0.05) is 31.5 Å². The fraction of sp³-hybridized carbons (Fsp3) is 0.438. The van der Waals surface area contributed by atoms with E-state index in [-0.39, 0.29) is 12.5 Å². The summed E-state index contributed by atoms with van der Waals surface area (Å²) in [4.78, 5) is 23.3. The highest BCUT2D eigenvalue weighted by atomic mass is 35.5. The molecule has 1 aromatic carbocycles. The van der Waals surface area contributed by atoms with Crippen LogP contribution in [0, 0.1) is 17.2 Å². The maximum atomic E-state index is 11.7. The van der Waals surface area contributed by atoms with Gasteiger partial charge in [0, 0.05) is 5.02 Å². The van der Waals surface area contributed by atoms with Gasteiger partial charge in [0.25, 0.3) is 5.91 Å². The van der Waals surface area contributed by atoms with E-state index >= 15 is 0 Å². The molecule has 0 aliphatic carbocycles. The third-order valence-electron chi connectivity index (χ3n) is 3.30. The minimum Gasteiger partial charge on any atom is -0.482 e. The van der Waals surface area contributed by atoms with Gasteiger partial charge in [-0.2, -0.15) is 5.26 Å². The predicted octanol–water partition coefficient (Wildman–Crippen LogP) is 2.32. The summed E-state index contributed by atoms with van der Waals surface area (Å²) in [7, 11) is 0. The van der Waals surface area contributed by atoms with E-state index in [0.29, 0.717) is 10.8 Å². The molecule has 0 bridgehead atoms. The zero-order valence-corrected chi connectivity index (χ0v) is 14.0. The SMILES string of the molecule is CC(C)[C@@](C)(C#N)NC(=O)COC(=O)COc1cccc(Cl)c1. The van der Waals surface area contributed by atoms with Gasteiger partial charge in [0.1, 0.15) is 11.3 Å². The first kappa shape index (κ1) is 18.8. The van der Waals surface area contributed by atoms with Gasteiger partial charge in [0.2, 0.25) is 0 Å². The standard InChI is InChI=1S/C16H19ClN2O4/c1-11(2)16(3,10-18)19-14(20)8-23-15(21)9-22-13-6-4-5-12(17)7-13/h4-7,11H,8-9H2,1-3H3,(H,19,20)/t16-/m1/s1. The number of rotatable bonds is 7. The summed E-state index contributed by atoms with van der Waals surface area (Å²) < 4.78 is 10.0. The lowest BCUT2D eigenvalue weighted by atomic mass is 9.90. The smallest absolute Gasteiger partial charge is 0.344 e. The Morgan fingerprint density at radius 2 is 2.09 bits per heavy atom. The van der Waals surface area contributed by atoms with E-state index in [0.717, 1.165) is 0 Å². The third-order valence-corrected chi connectivity index (χ3v) is 3.54. The average molecular weight is 339 g/mol. The van der Waals surface area contributed by atoms with E-state index in [2.05, 4.69) is 5.32 Å². The van der Waals surface area contributed by atoms with Crippen LogP contribution in [0.5, 0.6) is 5.75 Å². The van der Waals surface area contributed by atoms with E-state index in [1.165, 1.54) is 0 Å². The molecular formula is C16H19ClN2O4. The molecule has 0 heterocycles. The zero-order chi connectivity index (χ0) is 17.5. The Morgan fingerprint density at radius 1 is 1.39 bits per heavy atom. The Labute approximate surface area is 140 Å². The Bertz CT molecular complexity index is 612. The van der Waals surface area contributed by atoms with Crippen LogP contribution in [-0.2, 0) is 14.3 Å². The highest BCUT2D eigenvalue weighted by molar-refractivity contribution is 6.30. The fourth-order valence-electron chi connectivity index (χ4n) is 1.51. The molecule has 0 aliphatic heterocycles. The molecule has 0 aromatic heterocycles. The topological polar surface area (TPSA) is 88.4 Å². The van der Waals surface area contributed by atoms with Crippen LogP contribution in [-0.4, -0.2) is 30.6 Å². The molecule has 0 radical (unpaired) electrons. The summed E-state index contributed by atoms with van der Waals surface area (Å²) in [5, 5.41) is 12.1. The highest BCUT2D eigenvalue weighted by Gasteiger charge is 2.30. The van der Waals surface area contributed by atoms with E-state index in [1.54, 1.807) is 31.2 Å². The lowest BCUT2D eigenvalue weighted by Crippen LogP contribution is -2.50. The summed E-state index contributed by atoms with van der Waals surface area (Å²) in [6.07, 6.45) is 0. The quantitative estimate of drug-likeness (QED) is 0.771. The molecule has 0 fully saturated rings. The Morgan fingerprint density at radius 3 is 2.65 bits per heavy atom. The number of nitriles is 1. The second-order valence-corrected chi connectivity index (χ2v) is 5.86. The molecular weight excluding hydrogens is 320 g/mol. The van der Waals surface area contributed by atoms with Crippen molar-refractivity contribution in [3.05, 3.63) is 29.3 Å². The summed E-state index contributed by atoms with van der Waals surface area (Å²) in [6.45, 7) is 4.43. The molecule has 0 unspecified atom stereocenters. The molecule has 0 saturated carbocycles. The first-order valence-corrected chi connectivity index (χ1v) is 7.41. The van der Waals surface area contributed by atoms with Gasteiger partial charge in [-0.15, -0.1) is 0 Å². The highest BCUT2D eigenvalue weighted by Crippen LogP contribution is 2.17. The van der Waals surface area contributed by atoms with Gasteiger partial charge < -0.3 is 14.8 Å². The zero-order valence-electron chi connectivity index (χ0n) is 13.3. The molecule has 1 amide bonds.